The Kier molecular flexibility index (Phi) is 5.58. The molecule has 1 aliphatic carbocycles. The first-order valence-electron chi connectivity index (χ1n) is 9.32. The number of ether oxygens (including phenoxy) is 1. The highest BCUT2D eigenvalue weighted by Gasteiger charge is 2.37. The van der Waals surface area contributed by atoms with Gasteiger partial charge in [-0.15, -0.1) is 0 Å². The lowest BCUT2D eigenvalue weighted by atomic mass is 9.81. The minimum absolute atomic E-state index is 0.716. The predicted octanol–water partition coefficient (Wildman–Crippen LogP) is 3.04. The quantitative estimate of drug-likeness (QED) is 0.866. The van der Waals surface area contributed by atoms with E-state index >= 15 is 0 Å². The SMILES string of the molecule is CC(C)C1CNC(C2CCCCC2)CN1C1CCOCC1. The fourth-order valence-electron chi connectivity index (χ4n) is 4.72. The number of nitrogens with zero attached hydrogens (tertiary/aromatic N) is 1. The third kappa shape index (κ3) is 3.80. The van der Waals surface area contributed by atoms with Crippen molar-refractivity contribution >= 4 is 0 Å². The van der Waals surface area contributed by atoms with Crippen molar-refractivity contribution in [2.24, 2.45) is 11.8 Å². The monoisotopic (exact) mass is 294 g/mol. The van der Waals surface area contributed by atoms with E-state index in [-0.39, 0.29) is 0 Å². The standard InChI is InChI=1S/C18H34N2O/c1-14(2)18-12-19-17(15-6-4-3-5-7-15)13-20(18)16-8-10-21-11-9-16/h14-19H,3-13H2,1-2H3. The van der Waals surface area contributed by atoms with Gasteiger partial charge in [-0.2, -0.15) is 0 Å². The van der Waals surface area contributed by atoms with Crippen LogP contribution in [0.25, 0.3) is 0 Å². The lowest BCUT2D eigenvalue weighted by molar-refractivity contribution is -0.0183. The van der Waals surface area contributed by atoms with Crippen LogP contribution in [0.2, 0.25) is 0 Å². The fourth-order valence-corrected chi connectivity index (χ4v) is 4.72. The molecule has 1 saturated carbocycles. The summed E-state index contributed by atoms with van der Waals surface area (Å²) >= 11 is 0. The second-order valence-corrected chi connectivity index (χ2v) is 7.76. The van der Waals surface area contributed by atoms with Crippen molar-refractivity contribution in [2.45, 2.75) is 76.9 Å². The second-order valence-electron chi connectivity index (χ2n) is 7.76. The van der Waals surface area contributed by atoms with E-state index in [9.17, 15) is 0 Å². The summed E-state index contributed by atoms with van der Waals surface area (Å²) in [6.07, 6.45) is 9.74. The van der Waals surface area contributed by atoms with Crippen LogP contribution in [0.15, 0.2) is 0 Å². The summed E-state index contributed by atoms with van der Waals surface area (Å²) in [7, 11) is 0. The van der Waals surface area contributed by atoms with Crippen molar-refractivity contribution in [1.82, 2.24) is 10.2 Å². The number of nitrogens with one attached hydrogen (secondary N) is 1. The van der Waals surface area contributed by atoms with Crippen LogP contribution in [0.5, 0.6) is 0 Å². The third-order valence-corrected chi connectivity index (χ3v) is 6.07. The van der Waals surface area contributed by atoms with E-state index in [1.807, 2.05) is 0 Å². The lowest BCUT2D eigenvalue weighted by Crippen LogP contribution is -2.63. The smallest absolute Gasteiger partial charge is 0.0480 e. The van der Waals surface area contributed by atoms with Crippen molar-refractivity contribution in [3.63, 3.8) is 0 Å². The average molecular weight is 294 g/mol. The molecule has 3 fully saturated rings. The molecule has 2 saturated heterocycles. The Labute approximate surface area is 130 Å². The zero-order valence-electron chi connectivity index (χ0n) is 14.0. The van der Waals surface area contributed by atoms with E-state index in [4.69, 9.17) is 4.74 Å². The van der Waals surface area contributed by atoms with E-state index < -0.39 is 0 Å². The summed E-state index contributed by atoms with van der Waals surface area (Å²) in [5.74, 6) is 1.67. The van der Waals surface area contributed by atoms with Gasteiger partial charge >= 0.3 is 0 Å². The molecule has 3 heteroatoms. The summed E-state index contributed by atoms with van der Waals surface area (Å²) in [6.45, 7) is 9.18. The first-order chi connectivity index (χ1) is 10.3. The summed E-state index contributed by atoms with van der Waals surface area (Å²) in [5.41, 5.74) is 0. The molecule has 0 aromatic rings. The average Bonchev–Trinajstić information content (AvgIpc) is 2.56. The highest BCUT2D eigenvalue weighted by atomic mass is 16.5. The van der Waals surface area contributed by atoms with Crippen molar-refractivity contribution in [2.75, 3.05) is 26.3 Å². The molecule has 2 atom stereocenters. The summed E-state index contributed by atoms with van der Waals surface area (Å²) < 4.78 is 5.59. The Morgan fingerprint density at radius 3 is 2.38 bits per heavy atom. The topological polar surface area (TPSA) is 24.5 Å². The maximum atomic E-state index is 5.59. The molecule has 21 heavy (non-hydrogen) atoms. The number of hydrogen-bond acceptors (Lipinski definition) is 3. The predicted molar refractivity (Wildman–Crippen MR) is 87.5 cm³/mol. The van der Waals surface area contributed by atoms with Gasteiger partial charge in [0.1, 0.15) is 0 Å². The van der Waals surface area contributed by atoms with Crippen molar-refractivity contribution in [1.29, 1.82) is 0 Å². The van der Waals surface area contributed by atoms with E-state index in [1.165, 1.54) is 58.0 Å². The van der Waals surface area contributed by atoms with Gasteiger partial charge in [-0.3, -0.25) is 4.90 Å². The minimum Gasteiger partial charge on any atom is -0.381 e. The van der Waals surface area contributed by atoms with Crippen LogP contribution in [0.4, 0.5) is 0 Å². The summed E-state index contributed by atoms with van der Waals surface area (Å²) in [5, 5.41) is 3.92. The molecule has 2 unspecified atom stereocenters. The minimum atomic E-state index is 0.716. The molecule has 3 rings (SSSR count). The van der Waals surface area contributed by atoms with Gasteiger partial charge in [-0.05, 0) is 37.5 Å². The molecule has 1 N–H and O–H groups in total. The molecule has 0 spiro atoms. The zero-order chi connectivity index (χ0) is 14.7. The van der Waals surface area contributed by atoms with Gasteiger partial charge in [0, 0.05) is 44.4 Å². The van der Waals surface area contributed by atoms with E-state index in [0.29, 0.717) is 6.04 Å². The first-order valence-corrected chi connectivity index (χ1v) is 9.32. The Hall–Kier alpha value is -0.120. The molecule has 2 aliphatic heterocycles. The number of hydrogen-bond donors (Lipinski definition) is 1. The van der Waals surface area contributed by atoms with Crippen LogP contribution in [-0.4, -0.2) is 49.3 Å². The molecule has 122 valence electrons. The first kappa shape index (κ1) is 15.8. The molecule has 0 radical (unpaired) electrons. The van der Waals surface area contributed by atoms with Crippen molar-refractivity contribution in [3.05, 3.63) is 0 Å². The molecule has 3 nitrogen and oxygen atoms in total. The molecule has 0 bridgehead atoms. The highest BCUT2D eigenvalue weighted by molar-refractivity contribution is 4.94. The molecule has 0 aromatic heterocycles. The van der Waals surface area contributed by atoms with Gasteiger partial charge < -0.3 is 10.1 Å². The maximum absolute atomic E-state index is 5.59. The van der Waals surface area contributed by atoms with Gasteiger partial charge in [0.05, 0.1) is 0 Å². The Morgan fingerprint density at radius 2 is 1.71 bits per heavy atom. The maximum Gasteiger partial charge on any atom is 0.0480 e. The van der Waals surface area contributed by atoms with E-state index in [1.54, 1.807) is 0 Å². The van der Waals surface area contributed by atoms with Gasteiger partial charge in [0.2, 0.25) is 0 Å². The normalized spacial score (nSPS) is 34.4. The van der Waals surface area contributed by atoms with E-state index in [2.05, 4.69) is 24.1 Å². The van der Waals surface area contributed by atoms with Crippen LogP contribution < -0.4 is 5.32 Å². The fraction of sp³-hybridized carbons (Fsp3) is 1.00. The van der Waals surface area contributed by atoms with Crippen LogP contribution in [0, 0.1) is 11.8 Å². The van der Waals surface area contributed by atoms with Crippen LogP contribution in [0.1, 0.15) is 58.8 Å². The van der Waals surface area contributed by atoms with Crippen molar-refractivity contribution in [3.8, 4) is 0 Å². The van der Waals surface area contributed by atoms with E-state index in [0.717, 1.165) is 37.1 Å². The lowest BCUT2D eigenvalue weighted by Gasteiger charge is -2.49. The van der Waals surface area contributed by atoms with Gasteiger partial charge in [-0.1, -0.05) is 33.1 Å². The van der Waals surface area contributed by atoms with Crippen molar-refractivity contribution < 1.29 is 4.74 Å². The highest BCUT2D eigenvalue weighted by Crippen LogP contribution is 2.31. The van der Waals surface area contributed by atoms with Gasteiger partial charge in [0.25, 0.3) is 0 Å². The molecular weight excluding hydrogens is 260 g/mol. The molecule has 2 heterocycles. The zero-order valence-corrected chi connectivity index (χ0v) is 14.0. The second kappa shape index (κ2) is 7.43. The van der Waals surface area contributed by atoms with Crippen LogP contribution >= 0.6 is 0 Å². The Morgan fingerprint density at radius 1 is 1.00 bits per heavy atom. The van der Waals surface area contributed by atoms with Gasteiger partial charge in [-0.25, -0.2) is 0 Å². The third-order valence-electron chi connectivity index (χ3n) is 6.07. The number of rotatable bonds is 3. The van der Waals surface area contributed by atoms with Crippen LogP contribution in [0.3, 0.4) is 0 Å². The molecule has 0 amide bonds. The van der Waals surface area contributed by atoms with Gasteiger partial charge in [0.15, 0.2) is 0 Å². The Balaban J connectivity index is 1.65. The molecule has 0 aromatic carbocycles. The molecular formula is C18H34N2O. The number of piperazine rings is 1. The summed E-state index contributed by atoms with van der Waals surface area (Å²) in [4.78, 5) is 2.86. The Bertz CT molecular complexity index is 308. The largest absolute Gasteiger partial charge is 0.381 e. The summed E-state index contributed by atoms with van der Waals surface area (Å²) in [6, 6.07) is 2.22. The van der Waals surface area contributed by atoms with Crippen LogP contribution in [-0.2, 0) is 4.74 Å². The molecule has 3 aliphatic rings.